The topological polar surface area (TPSA) is 84.0 Å². The van der Waals surface area contributed by atoms with Crippen molar-refractivity contribution >= 4 is 33.9 Å². The van der Waals surface area contributed by atoms with Crippen LogP contribution in [0.1, 0.15) is 54.1 Å². The van der Waals surface area contributed by atoms with Gasteiger partial charge in [-0.25, -0.2) is 18.4 Å². The van der Waals surface area contributed by atoms with Gasteiger partial charge in [0.15, 0.2) is 0 Å². The van der Waals surface area contributed by atoms with E-state index in [1.807, 2.05) is 0 Å². The van der Waals surface area contributed by atoms with Crippen molar-refractivity contribution in [2.24, 2.45) is 0 Å². The average Bonchev–Trinajstić information content (AvgIpc) is 2.86. The molecule has 0 aromatic heterocycles. The van der Waals surface area contributed by atoms with Crippen LogP contribution in [0.2, 0.25) is 0 Å². The zero-order valence-corrected chi connectivity index (χ0v) is 20.7. The van der Waals surface area contributed by atoms with E-state index in [2.05, 4.69) is 0 Å². The van der Waals surface area contributed by atoms with Crippen molar-refractivity contribution in [1.82, 2.24) is 10.0 Å². The average molecular weight is 501 g/mol. The molecule has 3 rings (SSSR count). The maximum atomic E-state index is 13.0. The number of esters is 1. The minimum Gasteiger partial charge on any atom is -0.465 e. The number of hydrogen-bond donors (Lipinski definition) is 0. The Labute approximate surface area is 207 Å². The molecule has 1 aliphatic rings. The fraction of sp³-hybridized carbons (Fsp3) is 0.385. The number of carbonyl (C=O) groups is 3. The third kappa shape index (κ3) is 6.63. The predicted molar refractivity (Wildman–Crippen MR) is 131 cm³/mol. The van der Waals surface area contributed by atoms with Crippen molar-refractivity contribution in [3.63, 3.8) is 0 Å². The Morgan fingerprint density at radius 3 is 2.23 bits per heavy atom. The molecule has 0 bridgehead atoms. The van der Waals surface area contributed by atoms with Crippen molar-refractivity contribution < 1.29 is 27.7 Å². The highest BCUT2D eigenvalue weighted by Crippen LogP contribution is 2.24. The van der Waals surface area contributed by atoms with Gasteiger partial charge in [0.1, 0.15) is 28.0 Å². The molecule has 0 N–H and O–H groups in total. The smallest absolute Gasteiger partial charge is 0.337 e. The number of amides is 2. The summed E-state index contributed by atoms with van der Waals surface area (Å²) in [7, 11) is 1.31. The molecule has 1 heterocycles. The minimum absolute atomic E-state index is 0.165. The van der Waals surface area contributed by atoms with Crippen LogP contribution in [0.5, 0.6) is 0 Å². The molecule has 2 aromatic rings. The Hall–Kier alpha value is -3.33. The molecule has 186 valence electrons. The second-order valence-corrected chi connectivity index (χ2v) is 9.05. The molecule has 35 heavy (non-hydrogen) atoms. The number of hydrazine groups is 1. The van der Waals surface area contributed by atoms with E-state index in [4.69, 9.17) is 4.74 Å². The van der Waals surface area contributed by atoms with Gasteiger partial charge >= 0.3 is 5.97 Å². The lowest BCUT2D eigenvalue weighted by atomic mass is 9.95. The highest BCUT2D eigenvalue weighted by Gasteiger charge is 2.47. The van der Waals surface area contributed by atoms with E-state index in [9.17, 15) is 23.0 Å². The molecular formula is C26H29FN2O5S. The van der Waals surface area contributed by atoms with Gasteiger partial charge in [-0.05, 0) is 54.7 Å². The van der Waals surface area contributed by atoms with E-state index in [0.29, 0.717) is 24.9 Å². The van der Waals surface area contributed by atoms with Gasteiger partial charge in [0.25, 0.3) is 5.91 Å². The molecule has 1 aliphatic heterocycles. The lowest BCUT2D eigenvalue weighted by molar-refractivity contribution is -0.166. The van der Waals surface area contributed by atoms with Gasteiger partial charge in [0.05, 0.1) is 12.7 Å². The first-order valence-electron chi connectivity index (χ1n) is 11.6. The molecule has 1 saturated heterocycles. The highest BCUT2D eigenvalue weighted by molar-refractivity contribution is 7.69. The Morgan fingerprint density at radius 2 is 1.63 bits per heavy atom. The summed E-state index contributed by atoms with van der Waals surface area (Å²) in [6.07, 6.45) is 4.70. The SMILES string of the molecule is COC(=O)c1ccc(CC2C(=S=O)C(=O)N2N(CCCCCCc2ccc(F)cc2)C(C)=O)cc1. The molecule has 2 aromatic carbocycles. The molecule has 0 aliphatic carbocycles. The van der Waals surface area contributed by atoms with Gasteiger partial charge in [-0.2, -0.15) is 0 Å². The molecule has 2 amide bonds. The third-order valence-electron chi connectivity index (χ3n) is 6.03. The van der Waals surface area contributed by atoms with Crippen LogP contribution in [0.3, 0.4) is 0 Å². The number of β-lactam (4-membered cyclic amide) rings is 1. The normalized spacial score (nSPS) is 14.9. The highest BCUT2D eigenvalue weighted by atomic mass is 32.1. The summed E-state index contributed by atoms with van der Waals surface area (Å²) in [6.45, 7) is 1.79. The summed E-state index contributed by atoms with van der Waals surface area (Å²) in [5.74, 6) is -1.39. The van der Waals surface area contributed by atoms with E-state index in [1.54, 1.807) is 36.4 Å². The van der Waals surface area contributed by atoms with E-state index in [-0.39, 0.29) is 27.8 Å². The molecule has 0 saturated carbocycles. The lowest BCUT2D eigenvalue weighted by Gasteiger charge is -2.46. The van der Waals surface area contributed by atoms with Crippen LogP contribution < -0.4 is 0 Å². The minimum atomic E-state index is -0.517. The molecule has 1 fully saturated rings. The van der Waals surface area contributed by atoms with Crippen molar-refractivity contribution in [2.75, 3.05) is 13.7 Å². The van der Waals surface area contributed by atoms with Crippen LogP contribution in [-0.4, -0.2) is 56.6 Å². The van der Waals surface area contributed by atoms with E-state index in [1.165, 1.54) is 36.2 Å². The third-order valence-corrected chi connectivity index (χ3v) is 6.66. The van der Waals surface area contributed by atoms with Crippen molar-refractivity contribution in [2.45, 2.75) is 51.5 Å². The standard InChI is InChI=1S/C26H29FN2O5S/c1-18(30)28(16-6-4-3-5-7-19-10-14-22(27)15-11-19)29-23(24(35-33)25(29)31)17-20-8-12-21(13-9-20)26(32)34-2/h8-15,23H,3-7,16-17H2,1-2H3. The number of benzene rings is 2. The number of unbranched alkanes of at least 4 members (excludes halogenated alkanes) is 3. The number of methoxy groups -OCH3 is 1. The number of aryl methyl sites for hydroxylation is 1. The fourth-order valence-corrected chi connectivity index (χ4v) is 4.58. The first kappa shape index (κ1) is 26.3. The van der Waals surface area contributed by atoms with Crippen LogP contribution >= 0.6 is 0 Å². The van der Waals surface area contributed by atoms with E-state index < -0.39 is 17.9 Å². The molecule has 0 spiro atoms. The first-order chi connectivity index (χ1) is 16.8. The summed E-state index contributed by atoms with van der Waals surface area (Å²) in [5, 5.41) is 2.81. The molecule has 1 atom stereocenters. The maximum absolute atomic E-state index is 13.0. The van der Waals surface area contributed by atoms with Crippen molar-refractivity contribution in [3.05, 3.63) is 71.0 Å². The number of hydrogen-bond acceptors (Lipinski definition) is 5. The molecule has 0 radical (unpaired) electrons. The number of halogens is 1. The second kappa shape index (κ2) is 12.4. The van der Waals surface area contributed by atoms with Gasteiger partial charge in [-0.1, -0.05) is 37.1 Å². The van der Waals surface area contributed by atoms with Crippen LogP contribution in [0.25, 0.3) is 0 Å². The van der Waals surface area contributed by atoms with Gasteiger partial charge in [-0.3, -0.25) is 14.6 Å². The quantitative estimate of drug-likeness (QED) is 0.205. The molecule has 1 unspecified atom stereocenters. The van der Waals surface area contributed by atoms with Crippen molar-refractivity contribution in [3.8, 4) is 0 Å². The Kier molecular flexibility index (Phi) is 9.31. The summed E-state index contributed by atoms with van der Waals surface area (Å²) in [4.78, 5) is 36.8. The van der Waals surface area contributed by atoms with Crippen molar-refractivity contribution in [1.29, 1.82) is 0 Å². The number of nitrogens with zero attached hydrogens (tertiary/aromatic N) is 2. The second-order valence-electron chi connectivity index (χ2n) is 8.44. The van der Waals surface area contributed by atoms with Crippen LogP contribution in [0, 0.1) is 5.82 Å². The fourth-order valence-electron chi connectivity index (χ4n) is 4.12. The first-order valence-corrected chi connectivity index (χ1v) is 12.3. The zero-order chi connectivity index (χ0) is 25.4. The Morgan fingerprint density at radius 1 is 1.00 bits per heavy atom. The molecule has 7 nitrogen and oxygen atoms in total. The molecule has 9 heteroatoms. The summed E-state index contributed by atoms with van der Waals surface area (Å²) < 4.78 is 29.3. The van der Waals surface area contributed by atoms with Crippen LogP contribution in [0.15, 0.2) is 48.5 Å². The Bertz CT molecular complexity index is 1110. The molecular weight excluding hydrogens is 471 g/mol. The summed E-state index contributed by atoms with van der Waals surface area (Å²) in [6, 6.07) is 12.7. The van der Waals surface area contributed by atoms with Gasteiger partial charge in [-0.15, -0.1) is 0 Å². The van der Waals surface area contributed by atoms with Gasteiger partial charge in [0.2, 0.25) is 5.91 Å². The van der Waals surface area contributed by atoms with E-state index in [0.717, 1.165) is 36.8 Å². The van der Waals surface area contributed by atoms with Gasteiger partial charge in [0, 0.05) is 19.9 Å². The maximum Gasteiger partial charge on any atom is 0.337 e. The zero-order valence-electron chi connectivity index (χ0n) is 19.9. The number of carbonyl (C=O) groups excluding carboxylic acids is 3. The van der Waals surface area contributed by atoms with E-state index >= 15 is 0 Å². The monoisotopic (exact) mass is 500 g/mol. The largest absolute Gasteiger partial charge is 0.465 e. The van der Waals surface area contributed by atoms with Crippen LogP contribution in [0.4, 0.5) is 4.39 Å². The summed E-state index contributed by atoms with van der Waals surface area (Å²) >= 11 is 0.165. The predicted octanol–water partition coefficient (Wildman–Crippen LogP) is 3.32. The lowest BCUT2D eigenvalue weighted by Crippen LogP contribution is -2.69. The summed E-state index contributed by atoms with van der Waals surface area (Å²) in [5.41, 5.74) is 2.32. The van der Waals surface area contributed by atoms with Gasteiger partial charge < -0.3 is 4.74 Å². The Balaban J connectivity index is 1.55. The van der Waals surface area contributed by atoms with Crippen LogP contribution in [-0.2, 0) is 38.4 Å². The number of rotatable bonds is 11. The number of ether oxygens (including phenoxy) is 1.